The van der Waals surface area contributed by atoms with Crippen molar-refractivity contribution >= 4 is 11.7 Å². The van der Waals surface area contributed by atoms with Crippen LogP contribution in [-0.2, 0) is 6.54 Å². The van der Waals surface area contributed by atoms with Crippen LogP contribution in [-0.4, -0.2) is 24.1 Å². The van der Waals surface area contributed by atoms with Gasteiger partial charge in [0.15, 0.2) is 0 Å². The van der Waals surface area contributed by atoms with Gasteiger partial charge in [-0.25, -0.2) is 9.80 Å². The van der Waals surface area contributed by atoms with Crippen LogP contribution in [0.4, 0.5) is 10.5 Å². The van der Waals surface area contributed by atoms with Crippen LogP contribution in [0.25, 0.3) is 0 Å². The molecule has 0 aromatic heterocycles. The van der Waals surface area contributed by atoms with Crippen LogP contribution in [0.1, 0.15) is 24.8 Å². The van der Waals surface area contributed by atoms with Gasteiger partial charge in [-0.15, -0.1) is 0 Å². The van der Waals surface area contributed by atoms with Gasteiger partial charge in [0.1, 0.15) is 0 Å². The predicted octanol–water partition coefficient (Wildman–Crippen LogP) is 1.67. The van der Waals surface area contributed by atoms with E-state index in [1.54, 1.807) is 0 Å². The second kappa shape index (κ2) is 6.37. The summed E-state index contributed by atoms with van der Waals surface area (Å²) in [6.07, 6.45) is 3.54. The first kappa shape index (κ1) is 12.9. The molecule has 1 heterocycles. The lowest BCUT2D eigenvalue weighted by Crippen LogP contribution is -2.46. The van der Waals surface area contributed by atoms with Gasteiger partial charge in [-0.1, -0.05) is 18.6 Å². The first-order valence-corrected chi connectivity index (χ1v) is 6.39. The maximum atomic E-state index is 11.7. The van der Waals surface area contributed by atoms with Gasteiger partial charge in [-0.05, 0) is 30.5 Å². The van der Waals surface area contributed by atoms with Crippen molar-refractivity contribution in [3.63, 3.8) is 0 Å². The summed E-state index contributed by atoms with van der Waals surface area (Å²) < 4.78 is 0. The van der Waals surface area contributed by atoms with Crippen molar-refractivity contribution in [2.45, 2.75) is 25.8 Å². The van der Waals surface area contributed by atoms with Crippen LogP contribution >= 0.6 is 0 Å². The van der Waals surface area contributed by atoms with Crippen molar-refractivity contribution < 1.29 is 4.79 Å². The molecule has 1 aromatic carbocycles. The zero-order valence-electron chi connectivity index (χ0n) is 10.5. The third-order valence-electron chi connectivity index (χ3n) is 3.06. The molecule has 0 bridgehead atoms. The molecule has 0 spiro atoms. The largest absolute Gasteiger partial charge is 0.333 e. The van der Waals surface area contributed by atoms with Crippen LogP contribution in [0.3, 0.4) is 0 Å². The van der Waals surface area contributed by atoms with Crippen LogP contribution in [0.15, 0.2) is 24.3 Å². The Labute approximate surface area is 107 Å². The summed E-state index contributed by atoms with van der Waals surface area (Å²) in [4.78, 5) is 11.7. The fourth-order valence-corrected chi connectivity index (χ4v) is 2.03. The van der Waals surface area contributed by atoms with Gasteiger partial charge in [-0.2, -0.15) is 0 Å². The van der Waals surface area contributed by atoms with Crippen molar-refractivity contribution in [3.8, 4) is 0 Å². The lowest BCUT2D eigenvalue weighted by atomic mass is 10.2. The number of hydrogen-bond acceptors (Lipinski definition) is 3. The molecule has 98 valence electrons. The Morgan fingerprint density at radius 3 is 2.44 bits per heavy atom. The third kappa shape index (κ3) is 3.72. The van der Waals surface area contributed by atoms with Gasteiger partial charge < -0.3 is 11.1 Å². The number of carbonyl (C=O) groups is 1. The van der Waals surface area contributed by atoms with E-state index in [0.717, 1.165) is 37.2 Å². The van der Waals surface area contributed by atoms with Crippen molar-refractivity contribution in [1.82, 2.24) is 10.4 Å². The van der Waals surface area contributed by atoms with Crippen molar-refractivity contribution in [2.75, 3.05) is 18.4 Å². The lowest BCUT2D eigenvalue weighted by Gasteiger charge is -2.26. The molecule has 4 N–H and O–H groups in total. The van der Waals surface area contributed by atoms with Gasteiger partial charge in [0.2, 0.25) is 0 Å². The quantitative estimate of drug-likeness (QED) is 0.762. The van der Waals surface area contributed by atoms with Crippen molar-refractivity contribution in [2.24, 2.45) is 5.73 Å². The average Bonchev–Trinajstić information content (AvgIpc) is 2.40. The van der Waals surface area contributed by atoms with E-state index in [1.807, 2.05) is 29.3 Å². The van der Waals surface area contributed by atoms with E-state index in [-0.39, 0.29) is 6.03 Å². The van der Waals surface area contributed by atoms with E-state index >= 15 is 0 Å². The molecule has 1 aromatic rings. The standard InChI is InChI=1S/C13H20N4O/c14-10-11-4-6-12(7-5-11)15-13(18)16-17-8-2-1-3-9-17/h4-7H,1-3,8-10,14H2,(H2,15,16,18). The van der Waals surface area contributed by atoms with Gasteiger partial charge in [0.05, 0.1) is 0 Å². The summed E-state index contributed by atoms with van der Waals surface area (Å²) in [5, 5.41) is 4.77. The first-order valence-electron chi connectivity index (χ1n) is 6.39. The number of nitrogens with zero attached hydrogens (tertiary/aromatic N) is 1. The molecule has 2 amide bonds. The molecule has 0 saturated carbocycles. The fourth-order valence-electron chi connectivity index (χ4n) is 2.03. The first-order chi connectivity index (χ1) is 8.78. The fraction of sp³-hybridized carbons (Fsp3) is 0.462. The average molecular weight is 248 g/mol. The Kier molecular flexibility index (Phi) is 4.55. The highest BCUT2D eigenvalue weighted by molar-refractivity contribution is 5.88. The Morgan fingerprint density at radius 2 is 1.83 bits per heavy atom. The minimum Gasteiger partial charge on any atom is -0.326 e. The predicted molar refractivity (Wildman–Crippen MR) is 71.9 cm³/mol. The zero-order valence-corrected chi connectivity index (χ0v) is 10.5. The van der Waals surface area contributed by atoms with Crippen LogP contribution in [0.5, 0.6) is 0 Å². The Hall–Kier alpha value is -1.59. The summed E-state index contributed by atoms with van der Waals surface area (Å²) >= 11 is 0. The number of nitrogens with two attached hydrogens (primary N) is 1. The van der Waals surface area contributed by atoms with E-state index in [4.69, 9.17) is 5.73 Å². The highest BCUT2D eigenvalue weighted by Gasteiger charge is 2.12. The van der Waals surface area contributed by atoms with E-state index in [1.165, 1.54) is 6.42 Å². The number of anilines is 1. The molecule has 1 aliphatic heterocycles. The van der Waals surface area contributed by atoms with E-state index in [2.05, 4.69) is 10.7 Å². The number of hydrazine groups is 1. The van der Waals surface area contributed by atoms with Crippen LogP contribution in [0.2, 0.25) is 0 Å². The second-order valence-electron chi connectivity index (χ2n) is 4.51. The lowest BCUT2D eigenvalue weighted by molar-refractivity contribution is 0.162. The second-order valence-corrected chi connectivity index (χ2v) is 4.51. The molecule has 5 nitrogen and oxygen atoms in total. The topological polar surface area (TPSA) is 70.4 Å². The van der Waals surface area contributed by atoms with Gasteiger partial charge in [0.25, 0.3) is 0 Å². The summed E-state index contributed by atoms with van der Waals surface area (Å²) in [5.74, 6) is 0. The molecular weight excluding hydrogens is 228 g/mol. The summed E-state index contributed by atoms with van der Waals surface area (Å²) in [6, 6.07) is 7.36. The maximum absolute atomic E-state index is 11.7. The molecule has 1 saturated heterocycles. The summed E-state index contributed by atoms with van der Waals surface area (Å²) in [5.41, 5.74) is 10.2. The number of carbonyl (C=O) groups excluding carboxylic acids is 1. The molecule has 0 unspecified atom stereocenters. The zero-order chi connectivity index (χ0) is 12.8. The Morgan fingerprint density at radius 1 is 1.17 bits per heavy atom. The monoisotopic (exact) mass is 248 g/mol. The van der Waals surface area contributed by atoms with Gasteiger partial charge in [-0.3, -0.25) is 5.43 Å². The minimum atomic E-state index is -0.183. The molecule has 1 fully saturated rings. The molecular formula is C13H20N4O. The van der Waals surface area contributed by atoms with Crippen molar-refractivity contribution in [1.29, 1.82) is 0 Å². The maximum Gasteiger partial charge on any atom is 0.333 e. The number of rotatable bonds is 3. The number of benzene rings is 1. The number of hydrogen-bond donors (Lipinski definition) is 3. The SMILES string of the molecule is NCc1ccc(NC(=O)NN2CCCCC2)cc1. The molecule has 18 heavy (non-hydrogen) atoms. The van der Waals surface area contributed by atoms with E-state index < -0.39 is 0 Å². The van der Waals surface area contributed by atoms with Gasteiger partial charge >= 0.3 is 6.03 Å². The molecule has 0 radical (unpaired) electrons. The van der Waals surface area contributed by atoms with E-state index in [0.29, 0.717) is 6.54 Å². The highest BCUT2D eigenvalue weighted by atomic mass is 16.2. The van der Waals surface area contributed by atoms with Crippen molar-refractivity contribution in [3.05, 3.63) is 29.8 Å². The minimum absolute atomic E-state index is 0.183. The number of piperidine rings is 1. The van der Waals surface area contributed by atoms with Gasteiger partial charge in [0, 0.05) is 25.3 Å². The summed E-state index contributed by atoms with van der Waals surface area (Å²) in [6.45, 7) is 2.37. The molecule has 0 aliphatic carbocycles. The molecule has 1 aliphatic rings. The Balaban J connectivity index is 1.82. The Bertz CT molecular complexity index is 384. The smallest absolute Gasteiger partial charge is 0.326 e. The molecule has 5 heteroatoms. The summed E-state index contributed by atoms with van der Waals surface area (Å²) in [7, 11) is 0. The molecule has 2 rings (SSSR count). The third-order valence-corrected chi connectivity index (χ3v) is 3.06. The van der Waals surface area contributed by atoms with E-state index in [9.17, 15) is 4.79 Å². The van der Waals surface area contributed by atoms with Crippen LogP contribution in [0, 0.1) is 0 Å². The van der Waals surface area contributed by atoms with Crippen LogP contribution < -0.4 is 16.5 Å². The highest BCUT2D eigenvalue weighted by Crippen LogP contribution is 2.09. The number of urea groups is 1. The molecule has 0 atom stereocenters. The number of nitrogens with one attached hydrogen (secondary N) is 2. The number of amides is 2. The normalized spacial score (nSPS) is 16.3.